The molecule has 1 saturated heterocycles. The van der Waals surface area contributed by atoms with Crippen LogP contribution in [0.25, 0.3) is 21.7 Å². The topological polar surface area (TPSA) is 75.3 Å². The van der Waals surface area contributed by atoms with Crippen molar-refractivity contribution in [2.75, 3.05) is 19.6 Å². The molecule has 0 bridgehead atoms. The summed E-state index contributed by atoms with van der Waals surface area (Å²) < 4.78 is 33.7. The predicted molar refractivity (Wildman–Crippen MR) is 146 cm³/mol. The van der Waals surface area contributed by atoms with Gasteiger partial charge in [-0.25, -0.2) is 8.42 Å². The molecule has 0 saturated carbocycles. The highest BCUT2D eigenvalue weighted by atomic mass is 32.2. The van der Waals surface area contributed by atoms with Crippen LogP contribution in [0.1, 0.15) is 18.4 Å². The van der Waals surface area contributed by atoms with Crippen LogP contribution in [-0.4, -0.2) is 49.3 Å². The molecule has 0 aliphatic carbocycles. The zero-order chi connectivity index (χ0) is 25.2. The Morgan fingerprint density at radius 1 is 0.865 bits per heavy atom. The summed E-state index contributed by atoms with van der Waals surface area (Å²) in [5.41, 5.74) is 1.96. The molecule has 2 heterocycles. The van der Waals surface area contributed by atoms with E-state index in [9.17, 15) is 8.42 Å². The highest BCUT2D eigenvalue weighted by Gasteiger charge is 2.26. The highest BCUT2D eigenvalue weighted by Crippen LogP contribution is 2.33. The number of H-pyrrole nitrogens is 1. The maximum atomic E-state index is 13.7. The van der Waals surface area contributed by atoms with Gasteiger partial charge in [-0.1, -0.05) is 66.7 Å². The van der Waals surface area contributed by atoms with Crippen molar-refractivity contribution in [2.24, 2.45) is 0 Å². The Morgan fingerprint density at radius 3 is 2.46 bits per heavy atom. The summed E-state index contributed by atoms with van der Waals surface area (Å²) in [6.07, 6.45) is 3.05. The molecule has 0 atom stereocenters. The Bertz CT molecular complexity index is 1630. The third-order valence-corrected chi connectivity index (χ3v) is 8.98. The van der Waals surface area contributed by atoms with E-state index in [-0.39, 0.29) is 16.0 Å². The lowest BCUT2D eigenvalue weighted by Crippen LogP contribution is -2.39. The van der Waals surface area contributed by atoms with E-state index in [1.165, 1.54) is 5.56 Å². The summed E-state index contributed by atoms with van der Waals surface area (Å²) in [4.78, 5) is 2.76. The average Bonchev–Trinajstić information content (AvgIpc) is 3.37. The number of fused-ring (bicyclic) bond motifs is 2. The third kappa shape index (κ3) is 4.84. The third-order valence-electron chi connectivity index (χ3n) is 7.20. The van der Waals surface area contributed by atoms with Crippen LogP contribution in [-0.2, 0) is 16.3 Å². The van der Waals surface area contributed by atoms with E-state index in [0.717, 1.165) is 44.3 Å². The number of likely N-dealkylation sites (tertiary alicyclic amines) is 1. The van der Waals surface area contributed by atoms with Gasteiger partial charge in [-0.2, -0.15) is 5.10 Å². The monoisotopic (exact) mass is 511 g/mol. The van der Waals surface area contributed by atoms with Gasteiger partial charge in [0.05, 0.1) is 10.4 Å². The molecular weight excluding hydrogens is 482 g/mol. The number of aromatic nitrogens is 2. The van der Waals surface area contributed by atoms with Crippen LogP contribution in [0.15, 0.2) is 101 Å². The van der Waals surface area contributed by atoms with E-state index >= 15 is 0 Å². The number of nitrogens with one attached hydrogen (secondary N) is 1. The first-order valence-corrected chi connectivity index (χ1v) is 14.2. The molecule has 6 rings (SSSR count). The van der Waals surface area contributed by atoms with Gasteiger partial charge in [0.2, 0.25) is 9.84 Å². The van der Waals surface area contributed by atoms with Gasteiger partial charge in [-0.05, 0) is 54.5 Å². The second-order valence-corrected chi connectivity index (χ2v) is 11.5. The Morgan fingerprint density at radius 2 is 1.62 bits per heavy atom. The number of hydrogen-bond donors (Lipinski definition) is 1. The van der Waals surface area contributed by atoms with Crippen LogP contribution in [0, 0.1) is 0 Å². The molecule has 6 nitrogen and oxygen atoms in total. The Hall–Kier alpha value is -3.68. The molecule has 188 valence electrons. The molecule has 0 amide bonds. The van der Waals surface area contributed by atoms with Gasteiger partial charge in [0.25, 0.3) is 0 Å². The molecule has 4 aromatic carbocycles. The van der Waals surface area contributed by atoms with Gasteiger partial charge in [0, 0.05) is 30.4 Å². The fourth-order valence-corrected chi connectivity index (χ4v) is 6.73. The fourth-order valence-electron chi connectivity index (χ4n) is 5.16. The van der Waals surface area contributed by atoms with Gasteiger partial charge in [-0.3, -0.25) is 5.10 Å². The second kappa shape index (κ2) is 10.00. The lowest BCUT2D eigenvalue weighted by molar-refractivity contribution is 0.101. The van der Waals surface area contributed by atoms with Crippen LogP contribution < -0.4 is 4.74 Å². The summed E-state index contributed by atoms with van der Waals surface area (Å²) in [6.45, 7) is 3.03. The first-order chi connectivity index (χ1) is 18.1. The van der Waals surface area contributed by atoms with Gasteiger partial charge in [0.1, 0.15) is 11.9 Å². The molecule has 1 aromatic heterocycles. The summed E-state index contributed by atoms with van der Waals surface area (Å²) in [6, 6.07) is 28.9. The SMILES string of the molecule is O=S(=O)(c1cccc2ccccc12)c1[nH]nc2ccc(OC3CCN(CCc4ccccc4)CC3)cc12. The molecular formula is C30H29N3O3S. The predicted octanol–water partition coefficient (Wildman–Crippen LogP) is 5.63. The number of hydrogen-bond acceptors (Lipinski definition) is 5. The number of rotatable bonds is 7. The molecule has 0 spiro atoms. The van der Waals surface area contributed by atoms with Crippen molar-refractivity contribution in [3.05, 3.63) is 96.6 Å². The molecule has 37 heavy (non-hydrogen) atoms. The molecule has 5 aromatic rings. The smallest absolute Gasteiger partial charge is 0.224 e. The highest BCUT2D eigenvalue weighted by molar-refractivity contribution is 7.91. The summed E-state index contributed by atoms with van der Waals surface area (Å²) in [7, 11) is -3.82. The molecule has 1 aliphatic heterocycles. The zero-order valence-corrected chi connectivity index (χ0v) is 21.3. The van der Waals surface area contributed by atoms with Crippen molar-refractivity contribution in [1.82, 2.24) is 15.1 Å². The van der Waals surface area contributed by atoms with Crippen molar-refractivity contribution in [1.29, 1.82) is 0 Å². The van der Waals surface area contributed by atoms with E-state index in [4.69, 9.17) is 4.74 Å². The van der Waals surface area contributed by atoms with E-state index in [2.05, 4.69) is 45.4 Å². The number of benzene rings is 4. The van der Waals surface area contributed by atoms with Crippen molar-refractivity contribution >= 4 is 31.5 Å². The van der Waals surface area contributed by atoms with E-state index < -0.39 is 9.84 Å². The Balaban J connectivity index is 1.18. The molecule has 7 heteroatoms. The lowest BCUT2D eigenvalue weighted by atomic mass is 10.1. The van der Waals surface area contributed by atoms with Crippen LogP contribution in [0.3, 0.4) is 0 Å². The van der Waals surface area contributed by atoms with Crippen LogP contribution in [0.5, 0.6) is 5.75 Å². The standard InChI is InChI=1S/C30H29N3O3S/c34-37(35,29-12-6-10-23-9-4-5-11-26(23)29)30-27-21-25(13-14-28(27)31-32-30)36-24-16-19-33(20-17-24)18-15-22-7-2-1-3-8-22/h1-14,21,24H,15-20H2,(H,31,32). The Kier molecular flexibility index (Phi) is 6.40. The maximum absolute atomic E-state index is 13.7. The van der Waals surface area contributed by atoms with Crippen molar-refractivity contribution in [3.8, 4) is 5.75 Å². The molecule has 0 unspecified atom stereocenters. The molecule has 0 radical (unpaired) electrons. The number of ether oxygens (including phenoxy) is 1. The molecule has 1 aliphatic rings. The molecule has 1 N–H and O–H groups in total. The van der Waals surface area contributed by atoms with E-state index in [1.807, 2.05) is 42.5 Å². The van der Waals surface area contributed by atoms with Crippen molar-refractivity contribution < 1.29 is 13.2 Å². The minimum atomic E-state index is -3.82. The molecule has 1 fully saturated rings. The average molecular weight is 512 g/mol. The maximum Gasteiger partial charge on any atom is 0.224 e. The first kappa shape index (κ1) is 23.7. The van der Waals surface area contributed by atoms with Crippen LogP contribution in [0.2, 0.25) is 0 Å². The van der Waals surface area contributed by atoms with Gasteiger partial charge < -0.3 is 9.64 Å². The normalized spacial score (nSPS) is 15.4. The summed E-state index contributed by atoms with van der Waals surface area (Å²) in [5, 5.41) is 9.27. The zero-order valence-electron chi connectivity index (χ0n) is 20.5. The lowest BCUT2D eigenvalue weighted by Gasteiger charge is -2.32. The summed E-state index contributed by atoms with van der Waals surface area (Å²) >= 11 is 0. The van der Waals surface area contributed by atoms with Gasteiger partial charge >= 0.3 is 0 Å². The first-order valence-electron chi connectivity index (χ1n) is 12.7. The van der Waals surface area contributed by atoms with E-state index in [1.54, 1.807) is 18.2 Å². The van der Waals surface area contributed by atoms with Crippen LogP contribution in [0.4, 0.5) is 0 Å². The van der Waals surface area contributed by atoms with Crippen molar-refractivity contribution in [2.45, 2.75) is 35.3 Å². The fraction of sp³-hybridized carbons (Fsp3) is 0.233. The van der Waals surface area contributed by atoms with Gasteiger partial charge in [0.15, 0.2) is 5.03 Å². The minimum Gasteiger partial charge on any atom is -0.490 e. The minimum absolute atomic E-state index is 0.0973. The van der Waals surface area contributed by atoms with Gasteiger partial charge in [-0.15, -0.1) is 0 Å². The quantitative estimate of drug-likeness (QED) is 0.306. The Labute approximate surface area is 216 Å². The second-order valence-electron chi connectivity index (χ2n) is 9.61. The number of aromatic amines is 1. The largest absolute Gasteiger partial charge is 0.490 e. The van der Waals surface area contributed by atoms with E-state index in [0.29, 0.717) is 22.0 Å². The van der Waals surface area contributed by atoms with Crippen LogP contribution >= 0.6 is 0 Å². The number of piperidine rings is 1. The summed E-state index contributed by atoms with van der Waals surface area (Å²) in [5.74, 6) is 0.672. The van der Waals surface area contributed by atoms with Crippen molar-refractivity contribution in [3.63, 3.8) is 0 Å². The number of nitrogens with zero attached hydrogens (tertiary/aromatic N) is 2. The number of sulfone groups is 1.